The van der Waals surface area contributed by atoms with Crippen LogP contribution < -0.4 is 20.1 Å². The minimum atomic E-state index is -0.601. The first kappa shape index (κ1) is 23.6. The Hall–Kier alpha value is -2.04. The Kier molecular flexibility index (Phi) is 8.79. The van der Waals surface area contributed by atoms with Gasteiger partial charge in [-0.05, 0) is 30.5 Å². The van der Waals surface area contributed by atoms with Crippen LogP contribution in [0.4, 0.5) is 0 Å². The molecule has 1 aliphatic heterocycles. The summed E-state index contributed by atoms with van der Waals surface area (Å²) in [5.41, 5.74) is 0.983. The van der Waals surface area contributed by atoms with E-state index < -0.39 is 6.10 Å². The number of fused-ring (bicyclic) bond motifs is 2. The number of halogens is 1. The Balaban J connectivity index is 0.00000272. The summed E-state index contributed by atoms with van der Waals surface area (Å²) in [5.74, 6) is 2.21. The van der Waals surface area contributed by atoms with E-state index in [1.165, 1.54) is 4.70 Å². The number of nitrogens with one attached hydrogen (secondary N) is 2. The molecule has 3 aromatic rings. The Morgan fingerprint density at radius 3 is 2.81 bits per heavy atom. The molecule has 8 heteroatoms. The van der Waals surface area contributed by atoms with Gasteiger partial charge in [0.25, 0.3) is 0 Å². The first-order valence-electron chi connectivity index (χ1n) is 10.3. The van der Waals surface area contributed by atoms with Gasteiger partial charge in [-0.1, -0.05) is 30.3 Å². The van der Waals surface area contributed by atoms with Crippen molar-refractivity contribution in [2.75, 3.05) is 26.3 Å². The van der Waals surface area contributed by atoms with E-state index in [1.54, 1.807) is 11.3 Å². The number of aliphatic imine (C=N–C) groups is 1. The van der Waals surface area contributed by atoms with Crippen LogP contribution in [0.15, 0.2) is 53.5 Å². The molecule has 2 heterocycles. The SMILES string of the molecule is CCNC(=NCc1cccc2c1OCCCO2)NCC(O)c1cc2ccccc2s1.I. The molecule has 0 radical (unpaired) electrons. The van der Waals surface area contributed by atoms with Gasteiger partial charge >= 0.3 is 0 Å². The number of ether oxygens (including phenoxy) is 2. The molecule has 0 bridgehead atoms. The molecule has 31 heavy (non-hydrogen) atoms. The van der Waals surface area contributed by atoms with Crippen molar-refractivity contribution in [3.63, 3.8) is 0 Å². The van der Waals surface area contributed by atoms with Crippen molar-refractivity contribution < 1.29 is 14.6 Å². The van der Waals surface area contributed by atoms with Gasteiger partial charge in [-0.3, -0.25) is 0 Å². The quantitative estimate of drug-likeness (QED) is 0.239. The third-order valence-corrected chi connectivity index (χ3v) is 6.06. The van der Waals surface area contributed by atoms with Crippen molar-refractivity contribution in [3.8, 4) is 11.5 Å². The lowest BCUT2D eigenvalue weighted by Gasteiger charge is -2.15. The van der Waals surface area contributed by atoms with E-state index in [2.05, 4.69) is 27.8 Å². The van der Waals surface area contributed by atoms with Gasteiger partial charge in [0.1, 0.15) is 6.10 Å². The molecule has 6 nitrogen and oxygen atoms in total. The monoisotopic (exact) mass is 553 g/mol. The topological polar surface area (TPSA) is 75.1 Å². The van der Waals surface area contributed by atoms with Gasteiger partial charge < -0.3 is 25.2 Å². The van der Waals surface area contributed by atoms with Gasteiger partial charge in [-0.15, -0.1) is 35.3 Å². The second-order valence-electron chi connectivity index (χ2n) is 7.07. The van der Waals surface area contributed by atoms with Gasteiger partial charge in [0.05, 0.1) is 19.8 Å². The minimum absolute atomic E-state index is 0. The lowest BCUT2D eigenvalue weighted by Crippen LogP contribution is -2.39. The summed E-state index contributed by atoms with van der Waals surface area (Å²) >= 11 is 1.62. The fourth-order valence-electron chi connectivity index (χ4n) is 3.35. The van der Waals surface area contributed by atoms with Crippen LogP contribution in [0.25, 0.3) is 10.1 Å². The van der Waals surface area contributed by atoms with Gasteiger partial charge in [-0.2, -0.15) is 0 Å². The van der Waals surface area contributed by atoms with Crippen LogP contribution in [0.2, 0.25) is 0 Å². The van der Waals surface area contributed by atoms with Crippen molar-refractivity contribution >= 4 is 51.4 Å². The highest BCUT2D eigenvalue weighted by Gasteiger charge is 2.15. The van der Waals surface area contributed by atoms with Crippen molar-refractivity contribution in [1.29, 1.82) is 0 Å². The molecule has 166 valence electrons. The largest absolute Gasteiger partial charge is 0.490 e. The predicted molar refractivity (Wildman–Crippen MR) is 137 cm³/mol. The Morgan fingerprint density at radius 2 is 1.97 bits per heavy atom. The van der Waals surface area contributed by atoms with E-state index in [1.807, 2.05) is 43.3 Å². The highest BCUT2D eigenvalue weighted by Crippen LogP contribution is 2.33. The van der Waals surface area contributed by atoms with Crippen molar-refractivity contribution in [2.45, 2.75) is 26.0 Å². The van der Waals surface area contributed by atoms with Gasteiger partial charge in [0, 0.05) is 34.7 Å². The first-order valence-corrected chi connectivity index (χ1v) is 11.1. The number of rotatable bonds is 6. The highest BCUT2D eigenvalue weighted by molar-refractivity contribution is 14.0. The average Bonchev–Trinajstić information content (AvgIpc) is 3.06. The zero-order valence-corrected chi connectivity index (χ0v) is 20.6. The van der Waals surface area contributed by atoms with Crippen LogP contribution in [0.5, 0.6) is 11.5 Å². The van der Waals surface area contributed by atoms with Crippen LogP contribution in [0.1, 0.15) is 29.9 Å². The summed E-state index contributed by atoms with van der Waals surface area (Å²) in [5, 5.41) is 18.3. The van der Waals surface area contributed by atoms with Crippen molar-refractivity contribution in [2.24, 2.45) is 4.99 Å². The molecule has 4 rings (SSSR count). The van der Waals surface area contributed by atoms with Crippen LogP contribution >= 0.6 is 35.3 Å². The molecule has 0 fully saturated rings. The standard InChI is InChI=1S/C23H27N3O3S.HI/c1-2-24-23(25-14-17-8-5-9-19-22(17)29-12-6-11-28-19)26-15-18(27)21-13-16-7-3-4-10-20(16)30-21;/h3-5,7-10,13,18,27H,2,6,11-12,14-15H2,1H3,(H2,24,25,26);1H. The Bertz CT molecular complexity index is 991. The third-order valence-electron chi connectivity index (χ3n) is 4.84. The molecule has 1 aromatic heterocycles. The second kappa shape index (κ2) is 11.5. The molecule has 1 aliphatic rings. The van der Waals surface area contributed by atoms with Crippen LogP contribution in [-0.2, 0) is 6.54 Å². The van der Waals surface area contributed by atoms with E-state index in [0.717, 1.165) is 40.3 Å². The fourth-order valence-corrected chi connectivity index (χ4v) is 4.40. The number of hydrogen-bond acceptors (Lipinski definition) is 5. The lowest BCUT2D eigenvalue weighted by molar-refractivity contribution is 0.184. The molecule has 3 N–H and O–H groups in total. The number of thiophene rings is 1. The maximum Gasteiger partial charge on any atom is 0.191 e. The molecule has 0 aliphatic carbocycles. The van der Waals surface area contributed by atoms with E-state index >= 15 is 0 Å². The summed E-state index contributed by atoms with van der Waals surface area (Å²) in [7, 11) is 0. The second-order valence-corrected chi connectivity index (χ2v) is 8.19. The van der Waals surface area contributed by atoms with Crippen molar-refractivity contribution in [3.05, 3.63) is 59.0 Å². The van der Waals surface area contributed by atoms with E-state index in [0.29, 0.717) is 32.3 Å². The van der Waals surface area contributed by atoms with Crippen LogP contribution in [0, 0.1) is 0 Å². The molecule has 0 saturated carbocycles. The number of aliphatic hydroxyl groups excluding tert-OH is 1. The first-order chi connectivity index (χ1) is 14.7. The average molecular weight is 553 g/mol. The molecule has 0 spiro atoms. The number of benzene rings is 2. The zero-order valence-electron chi connectivity index (χ0n) is 17.5. The summed E-state index contributed by atoms with van der Waals surface area (Å²) in [4.78, 5) is 5.63. The molecule has 2 aromatic carbocycles. The summed E-state index contributed by atoms with van der Waals surface area (Å²) < 4.78 is 12.8. The fraction of sp³-hybridized carbons (Fsp3) is 0.348. The van der Waals surface area contributed by atoms with Gasteiger partial charge in [0.15, 0.2) is 17.5 Å². The van der Waals surface area contributed by atoms with E-state index in [4.69, 9.17) is 9.47 Å². The molecular weight excluding hydrogens is 525 g/mol. The van der Waals surface area contributed by atoms with Crippen molar-refractivity contribution in [1.82, 2.24) is 10.6 Å². The smallest absolute Gasteiger partial charge is 0.191 e. The van der Waals surface area contributed by atoms with Crippen LogP contribution in [-0.4, -0.2) is 37.4 Å². The highest BCUT2D eigenvalue weighted by atomic mass is 127. The number of guanidine groups is 1. The maximum absolute atomic E-state index is 10.6. The number of para-hydroxylation sites is 1. The molecule has 0 saturated heterocycles. The summed E-state index contributed by atoms with van der Waals surface area (Å²) in [6, 6.07) is 16.1. The summed E-state index contributed by atoms with van der Waals surface area (Å²) in [6.07, 6.45) is 0.271. The molecule has 1 unspecified atom stereocenters. The number of nitrogens with zero attached hydrogens (tertiary/aromatic N) is 1. The molecule has 0 amide bonds. The van der Waals surface area contributed by atoms with Gasteiger partial charge in [-0.25, -0.2) is 4.99 Å². The normalized spacial score (nSPS) is 14.5. The van der Waals surface area contributed by atoms with E-state index in [9.17, 15) is 5.11 Å². The maximum atomic E-state index is 10.6. The Labute approximate surface area is 203 Å². The van der Waals surface area contributed by atoms with E-state index in [-0.39, 0.29) is 24.0 Å². The zero-order chi connectivity index (χ0) is 20.8. The molecule has 1 atom stereocenters. The predicted octanol–water partition coefficient (Wildman–Crippen LogP) is 4.47. The van der Waals surface area contributed by atoms with Gasteiger partial charge in [0.2, 0.25) is 0 Å². The number of aliphatic hydroxyl groups is 1. The van der Waals surface area contributed by atoms with Crippen LogP contribution in [0.3, 0.4) is 0 Å². The Morgan fingerprint density at radius 1 is 1.13 bits per heavy atom. The molecular formula is C23H28IN3O3S. The summed E-state index contributed by atoms with van der Waals surface area (Å²) in [6.45, 7) is 4.90. The lowest BCUT2D eigenvalue weighted by atomic mass is 10.2. The third kappa shape index (κ3) is 6.02. The number of hydrogen-bond donors (Lipinski definition) is 3. The minimum Gasteiger partial charge on any atom is -0.490 e.